The molecule has 0 bridgehead atoms. The molecule has 0 radical (unpaired) electrons. The monoisotopic (exact) mass is 400 g/mol. The average Bonchev–Trinajstić information content (AvgIpc) is 3.21. The first-order chi connectivity index (χ1) is 13.6. The highest BCUT2D eigenvalue weighted by atomic mass is 35.5. The number of carbonyl (C=O) groups excluding carboxylic acids is 1. The molecule has 0 atom stereocenters. The molecule has 4 rings (SSSR count). The SMILES string of the molecule is COc1ccc(-c2n[nH]c(CNC(=O)c3cc(Cl)c4c(c3)OCCO4)n2)cc1. The largest absolute Gasteiger partial charge is 0.497 e. The van der Waals surface area contributed by atoms with Crippen molar-refractivity contribution in [1.82, 2.24) is 20.5 Å². The minimum atomic E-state index is -0.304. The van der Waals surface area contributed by atoms with Crippen LogP contribution in [0.2, 0.25) is 5.02 Å². The van der Waals surface area contributed by atoms with E-state index in [9.17, 15) is 4.79 Å². The Bertz CT molecular complexity index is 1000. The van der Waals surface area contributed by atoms with Crippen LogP contribution >= 0.6 is 11.6 Å². The van der Waals surface area contributed by atoms with Crippen molar-refractivity contribution < 1.29 is 19.0 Å². The lowest BCUT2D eigenvalue weighted by molar-refractivity contribution is 0.0948. The van der Waals surface area contributed by atoms with Crippen LogP contribution in [0.4, 0.5) is 0 Å². The summed E-state index contributed by atoms with van der Waals surface area (Å²) in [5, 5.41) is 10.1. The van der Waals surface area contributed by atoms with Gasteiger partial charge in [-0.25, -0.2) is 4.98 Å². The summed E-state index contributed by atoms with van der Waals surface area (Å²) in [5.74, 6) is 2.44. The second-order valence-electron chi connectivity index (χ2n) is 6.00. The molecule has 0 spiro atoms. The molecule has 0 unspecified atom stereocenters. The minimum absolute atomic E-state index is 0.189. The summed E-state index contributed by atoms with van der Waals surface area (Å²) in [7, 11) is 1.61. The number of hydrogen-bond acceptors (Lipinski definition) is 6. The van der Waals surface area contributed by atoms with E-state index in [4.69, 9.17) is 25.8 Å². The van der Waals surface area contributed by atoms with Gasteiger partial charge in [0.1, 0.15) is 24.8 Å². The molecule has 2 aromatic carbocycles. The number of nitrogens with zero attached hydrogens (tertiary/aromatic N) is 2. The topological polar surface area (TPSA) is 98.4 Å². The van der Waals surface area contributed by atoms with Crippen molar-refractivity contribution in [3.8, 4) is 28.6 Å². The van der Waals surface area contributed by atoms with Crippen molar-refractivity contribution in [2.24, 2.45) is 0 Å². The van der Waals surface area contributed by atoms with E-state index < -0.39 is 0 Å². The van der Waals surface area contributed by atoms with Gasteiger partial charge in [0.2, 0.25) is 0 Å². The Labute approximate surface area is 165 Å². The quantitative estimate of drug-likeness (QED) is 0.683. The number of amides is 1. The average molecular weight is 401 g/mol. The predicted octanol–water partition coefficient (Wildman–Crippen LogP) is 2.83. The molecule has 0 fully saturated rings. The van der Waals surface area contributed by atoms with Gasteiger partial charge in [0, 0.05) is 11.1 Å². The molecule has 0 saturated carbocycles. The van der Waals surface area contributed by atoms with E-state index in [0.29, 0.717) is 46.9 Å². The summed E-state index contributed by atoms with van der Waals surface area (Å²) in [5.41, 5.74) is 1.22. The van der Waals surface area contributed by atoms with E-state index in [1.165, 1.54) is 0 Å². The fourth-order valence-electron chi connectivity index (χ4n) is 2.75. The number of rotatable bonds is 5. The number of ether oxygens (including phenoxy) is 3. The molecular weight excluding hydrogens is 384 g/mol. The summed E-state index contributed by atoms with van der Waals surface area (Å²) >= 11 is 6.18. The molecular formula is C19H17ClN4O4. The zero-order valence-corrected chi connectivity index (χ0v) is 15.7. The Kier molecular flexibility index (Phi) is 5.03. The van der Waals surface area contributed by atoms with E-state index in [0.717, 1.165) is 11.3 Å². The van der Waals surface area contributed by atoms with Crippen LogP contribution < -0.4 is 19.5 Å². The summed E-state index contributed by atoms with van der Waals surface area (Å²) in [6.07, 6.45) is 0. The zero-order valence-electron chi connectivity index (χ0n) is 15.0. The Hall–Kier alpha value is -3.26. The molecule has 1 aliphatic rings. The van der Waals surface area contributed by atoms with Gasteiger partial charge in [-0.1, -0.05) is 11.6 Å². The van der Waals surface area contributed by atoms with E-state index in [2.05, 4.69) is 20.5 Å². The van der Waals surface area contributed by atoms with Crippen LogP contribution in [0, 0.1) is 0 Å². The van der Waals surface area contributed by atoms with Gasteiger partial charge in [-0.2, -0.15) is 5.10 Å². The molecule has 28 heavy (non-hydrogen) atoms. The van der Waals surface area contributed by atoms with Gasteiger partial charge in [0.25, 0.3) is 5.91 Å². The number of aromatic amines is 1. The predicted molar refractivity (Wildman–Crippen MR) is 102 cm³/mol. The van der Waals surface area contributed by atoms with Crippen molar-refractivity contribution in [2.75, 3.05) is 20.3 Å². The van der Waals surface area contributed by atoms with Crippen molar-refractivity contribution >= 4 is 17.5 Å². The third-order valence-corrected chi connectivity index (χ3v) is 4.44. The Balaban J connectivity index is 1.42. The van der Waals surface area contributed by atoms with Crippen LogP contribution in [0.15, 0.2) is 36.4 Å². The molecule has 1 aliphatic heterocycles. The number of halogens is 1. The maximum Gasteiger partial charge on any atom is 0.251 e. The lowest BCUT2D eigenvalue weighted by atomic mass is 10.1. The van der Waals surface area contributed by atoms with Crippen LogP contribution in [0.25, 0.3) is 11.4 Å². The Morgan fingerprint density at radius 1 is 1.25 bits per heavy atom. The lowest BCUT2D eigenvalue weighted by Crippen LogP contribution is -2.24. The van der Waals surface area contributed by atoms with Gasteiger partial charge < -0.3 is 19.5 Å². The maximum absolute atomic E-state index is 12.5. The molecule has 2 heterocycles. The molecule has 1 aromatic heterocycles. The fourth-order valence-corrected chi connectivity index (χ4v) is 3.02. The number of methoxy groups -OCH3 is 1. The normalized spacial score (nSPS) is 12.5. The number of H-pyrrole nitrogens is 1. The number of carbonyl (C=O) groups is 1. The van der Waals surface area contributed by atoms with Crippen LogP contribution in [0.1, 0.15) is 16.2 Å². The first-order valence-corrected chi connectivity index (χ1v) is 8.95. The van der Waals surface area contributed by atoms with Crippen molar-refractivity contribution in [2.45, 2.75) is 6.54 Å². The molecule has 1 amide bonds. The number of aromatic nitrogens is 3. The van der Waals surface area contributed by atoms with E-state index >= 15 is 0 Å². The third-order valence-electron chi connectivity index (χ3n) is 4.16. The first kappa shape index (κ1) is 18.1. The standard InChI is InChI=1S/C19H17ClN4O4/c1-26-13-4-2-11(3-5-13)18-22-16(23-24-18)10-21-19(25)12-8-14(20)17-15(9-12)27-6-7-28-17/h2-5,8-9H,6-7,10H2,1H3,(H,21,25)(H,22,23,24). The van der Waals surface area contributed by atoms with E-state index in [1.807, 2.05) is 24.3 Å². The smallest absolute Gasteiger partial charge is 0.251 e. The summed E-state index contributed by atoms with van der Waals surface area (Å²) in [4.78, 5) is 16.9. The Morgan fingerprint density at radius 2 is 2.04 bits per heavy atom. The van der Waals surface area contributed by atoms with Crippen molar-refractivity contribution in [3.63, 3.8) is 0 Å². The molecule has 9 heteroatoms. The molecule has 144 valence electrons. The molecule has 8 nitrogen and oxygen atoms in total. The van der Waals surface area contributed by atoms with Crippen LogP contribution in [-0.4, -0.2) is 41.4 Å². The number of benzene rings is 2. The highest BCUT2D eigenvalue weighted by Crippen LogP contribution is 2.38. The van der Waals surface area contributed by atoms with Gasteiger partial charge >= 0.3 is 0 Å². The number of nitrogens with one attached hydrogen (secondary N) is 2. The van der Waals surface area contributed by atoms with Crippen molar-refractivity contribution in [3.05, 3.63) is 52.8 Å². The molecule has 0 aliphatic carbocycles. The summed E-state index contributed by atoms with van der Waals surface area (Å²) < 4.78 is 16.1. The van der Waals surface area contributed by atoms with Gasteiger partial charge in [-0.3, -0.25) is 9.89 Å². The van der Waals surface area contributed by atoms with Crippen LogP contribution in [0.3, 0.4) is 0 Å². The number of fused-ring (bicyclic) bond motifs is 1. The minimum Gasteiger partial charge on any atom is -0.497 e. The van der Waals surface area contributed by atoms with Gasteiger partial charge in [-0.15, -0.1) is 0 Å². The second-order valence-corrected chi connectivity index (χ2v) is 6.41. The highest BCUT2D eigenvalue weighted by molar-refractivity contribution is 6.32. The van der Waals surface area contributed by atoms with E-state index in [-0.39, 0.29) is 12.5 Å². The Morgan fingerprint density at radius 3 is 2.82 bits per heavy atom. The summed E-state index contributed by atoms with van der Waals surface area (Å²) in [6, 6.07) is 10.5. The zero-order chi connectivity index (χ0) is 19.5. The fraction of sp³-hybridized carbons (Fsp3) is 0.211. The maximum atomic E-state index is 12.5. The first-order valence-electron chi connectivity index (χ1n) is 8.57. The lowest BCUT2D eigenvalue weighted by Gasteiger charge is -2.20. The highest BCUT2D eigenvalue weighted by Gasteiger charge is 2.19. The summed E-state index contributed by atoms with van der Waals surface area (Å²) in [6.45, 7) is 1.04. The third kappa shape index (κ3) is 3.72. The van der Waals surface area contributed by atoms with Gasteiger partial charge in [0.15, 0.2) is 17.3 Å². The van der Waals surface area contributed by atoms with Crippen molar-refractivity contribution in [1.29, 1.82) is 0 Å². The molecule has 0 saturated heterocycles. The van der Waals surface area contributed by atoms with Gasteiger partial charge in [0.05, 0.1) is 18.7 Å². The second kappa shape index (κ2) is 7.77. The molecule has 2 N–H and O–H groups in total. The van der Waals surface area contributed by atoms with Gasteiger partial charge in [-0.05, 0) is 36.4 Å². The van der Waals surface area contributed by atoms with Crippen LogP contribution in [-0.2, 0) is 6.54 Å². The van der Waals surface area contributed by atoms with E-state index in [1.54, 1.807) is 19.2 Å². The van der Waals surface area contributed by atoms with Crippen LogP contribution in [0.5, 0.6) is 17.2 Å². The number of hydrogen-bond donors (Lipinski definition) is 2. The molecule has 3 aromatic rings.